The molecule has 0 aliphatic carbocycles. The number of benzene rings is 1. The van der Waals surface area contributed by atoms with E-state index >= 15 is 0 Å². The van der Waals surface area contributed by atoms with Crippen molar-refractivity contribution in [1.29, 1.82) is 5.26 Å². The third-order valence-corrected chi connectivity index (χ3v) is 4.14. The minimum Gasteiger partial charge on any atom is -0.467 e. The summed E-state index contributed by atoms with van der Waals surface area (Å²) in [5.74, 6) is -0.734. The minimum absolute atomic E-state index is 0.0247. The van der Waals surface area contributed by atoms with E-state index in [1.54, 1.807) is 17.0 Å². The molecule has 0 saturated carbocycles. The molecule has 0 spiro atoms. The summed E-state index contributed by atoms with van der Waals surface area (Å²) in [6.07, 6.45) is 1.65. The van der Waals surface area contributed by atoms with Gasteiger partial charge in [-0.25, -0.2) is 4.39 Å². The highest BCUT2D eigenvalue weighted by Crippen LogP contribution is 2.21. The zero-order chi connectivity index (χ0) is 17.8. The molecule has 7 heteroatoms. The Labute approximate surface area is 143 Å². The van der Waals surface area contributed by atoms with Crippen LogP contribution in [0.2, 0.25) is 0 Å². The Morgan fingerprint density at radius 2 is 2.28 bits per heavy atom. The number of carbonyl (C=O) groups is 2. The molecule has 128 valence electrons. The van der Waals surface area contributed by atoms with Gasteiger partial charge in [-0.2, -0.15) is 5.26 Å². The molecule has 1 aliphatic rings. The summed E-state index contributed by atoms with van der Waals surface area (Å²) in [6, 6.07) is 9.42. The standard InChI is InChI=1S/C18H16FN3O3/c19-16-4-3-12(8-20)6-13(16)9-21-18(24)14-7-17(23)22(10-14)11-15-2-1-5-25-15/h1-6,14H,7,9-11H2,(H,21,24). The monoisotopic (exact) mass is 341 g/mol. The molecule has 1 atom stereocenters. The maximum absolute atomic E-state index is 13.7. The number of nitrogens with one attached hydrogen (secondary N) is 1. The van der Waals surface area contributed by atoms with E-state index in [2.05, 4.69) is 5.32 Å². The van der Waals surface area contributed by atoms with Crippen LogP contribution >= 0.6 is 0 Å². The SMILES string of the molecule is N#Cc1ccc(F)c(CNC(=O)C2CC(=O)N(Cc3ccco3)C2)c1. The van der Waals surface area contributed by atoms with Crippen molar-refractivity contribution >= 4 is 11.8 Å². The molecular weight excluding hydrogens is 325 g/mol. The lowest BCUT2D eigenvalue weighted by atomic mass is 10.1. The maximum Gasteiger partial charge on any atom is 0.225 e. The molecule has 25 heavy (non-hydrogen) atoms. The topological polar surface area (TPSA) is 86.3 Å². The summed E-state index contributed by atoms with van der Waals surface area (Å²) in [5.41, 5.74) is 0.565. The number of likely N-dealkylation sites (tertiary alicyclic amines) is 1. The molecule has 1 fully saturated rings. The van der Waals surface area contributed by atoms with Gasteiger partial charge in [0.1, 0.15) is 11.6 Å². The minimum atomic E-state index is -0.485. The van der Waals surface area contributed by atoms with Crippen molar-refractivity contribution in [1.82, 2.24) is 10.2 Å². The van der Waals surface area contributed by atoms with E-state index in [-0.39, 0.29) is 30.3 Å². The van der Waals surface area contributed by atoms with Crippen LogP contribution in [0.15, 0.2) is 41.0 Å². The lowest BCUT2D eigenvalue weighted by Crippen LogP contribution is -2.32. The predicted molar refractivity (Wildman–Crippen MR) is 85.2 cm³/mol. The van der Waals surface area contributed by atoms with Crippen molar-refractivity contribution in [3.63, 3.8) is 0 Å². The van der Waals surface area contributed by atoms with Gasteiger partial charge in [-0.3, -0.25) is 9.59 Å². The van der Waals surface area contributed by atoms with E-state index in [0.29, 0.717) is 24.4 Å². The van der Waals surface area contributed by atoms with Crippen LogP contribution in [-0.2, 0) is 22.7 Å². The second-order valence-corrected chi connectivity index (χ2v) is 5.89. The molecule has 0 radical (unpaired) electrons. The molecule has 2 heterocycles. The largest absolute Gasteiger partial charge is 0.467 e. The van der Waals surface area contributed by atoms with Crippen LogP contribution in [0.3, 0.4) is 0 Å². The van der Waals surface area contributed by atoms with E-state index < -0.39 is 11.7 Å². The number of hydrogen-bond donors (Lipinski definition) is 1. The lowest BCUT2D eigenvalue weighted by Gasteiger charge is -2.15. The molecule has 1 aromatic carbocycles. The van der Waals surface area contributed by atoms with Crippen LogP contribution in [0.4, 0.5) is 4.39 Å². The summed E-state index contributed by atoms with van der Waals surface area (Å²) in [6.45, 7) is 0.601. The molecule has 1 aliphatic heterocycles. The Morgan fingerprint density at radius 3 is 3.00 bits per heavy atom. The van der Waals surface area contributed by atoms with Crippen LogP contribution in [0.25, 0.3) is 0 Å². The first-order chi connectivity index (χ1) is 12.1. The molecule has 1 N–H and O–H groups in total. The van der Waals surface area contributed by atoms with Crippen LogP contribution < -0.4 is 5.32 Å². The van der Waals surface area contributed by atoms with Gasteiger partial charge in [0, 0.05) is 25.1 Å². The van der Waals surface area contributed by atoms with Crippen LogP contribution in [0.1, 0.15) is 23.3 Å². The quantitative estimate of drug-likeness (QED) is 0.901. The average Bonchev–Trinajstić information content (AvgIpc) is 3.24. The first-order valence-corrected chi connectivity index (χ1v) is 7.83. The normalized spacial score (nSPS) is 16.7. The molecule has 6 nitrogen and oxygen atoms in total. The fourth-order valence-corrected chi connectivity index (χ4v) is 2.80. The number of carbonyl (C=O) groups excluding carboxylic acids is 2. The summed E-state index contributed by atoms with van der Waals surface area (Å²) >= 11 is 0. The Bertz CT molecular complexity index is 827. The van der Waals surface area contributed by atoms with Crippen LogP contribution in [0.5, 0.6) is 0 Å². The smallest absolute Gasteiger partial charge is 0.225 e. The zero-order valence-corrected chi connectivity index (χ0v) is 13.4. The highest BCUT2D eigenvalue weighted by atomic mass is 19.1. The summed E-state index contributed by atoms with van der Waals surface area (Å²) in [7, 11) is 0. The summed E-state index contributed by atoms with van der Waals surface area (Å²) in [4.78, 5) is 25.9. The van der Waals surface area contributed by atoms with Gasteiger partial charge in [0.05, 0.1) is 30.4 Å². The maximum atomic E-state index is 13.7. The number of halogens is 1. The number of amides is 2. The Hall–Kier alpha value is -3.14. The Kier molecular flexibility index (Phi) is 4.80. The summed E-state index contributed by atoms with van der Waals surface area (Å²) in [5, 5.41) is 11.5. The van der Waals surface area contributed by atoms with Crippen molar-refractivity contribution in [2.24, 2.45) is 5.92 Å². The second kappa shape index (κ2) is 7.18. The number of nitriles is 1. The van der Waals surface area contributed by atoms with Crippen LogP contribution in [0, 0.1) is 23.1 Å². The number of hydrogen-bond acceptors (Lipinski definition) is 4. The van der Waals surface area contributed by atoms with Gasteiger partial charge in [-0.05, 0) is 30.3 Å². The number of rotatable bonds is 5. The van der Waals surface area contributed by atoms with Crippen molar-refractivity contribution in [3.05, 3.63) is 59.3 Å². The van der Waals surface area contributed by atoms with E-state index in [0.717, 1.165) is 0 Å². The van der Waals surface area contributed by atoms with E-state index in [9.17, 15) is 14.0 Å². The van der Waals surface area contributed by atoms with Crippen LogP contribution in [-0.4, -0.2) is 23.3 Å². The number of nitrogens with zero attached hydrogens (tertiary/aromatic N) is 2. The molecule has 3 rings (SSSR count). The van der Waals surface area contributed by atoms with Gasteiger partial charge in [-0.1, -0.05) is 0 Å². The first-order valence-electron chi connectivity index (χ1n) is 7.83. The third kappa shape index (κ3) is 3.86. The molecule has 1 saturated heterocycles. The van der Waals surface area contributed by atoms with Gasteiger partial charge in [0.2, 0.25) is 11.8 Å². The molecule has 2 amide bonds. The van der Waals surface area contributed by atoms with Crippen molar-refractivity contribution < 1.29 is 18.4 Å². The third-order valence-electron chi connectivity index (χ3n) is 4.14. The van der Waals surface area contributed by atoms with E-state index in [4.69, 9.17) is 9.68 Å². The first kappa shape index (κ1) is 16.7. The van der Waals surface area contributed by atoms with Crippen molar-refractivity contribution in [3.8, 4) is 6.07 Å². The Balaban J connectivity index is 1.57. The molecule has 1 unspecified atom stereocenters. The number of furan rings is 1. The van der Waals surface area contributed by atoms with Gasteiger partial charge in [-0.15, -0.1) is 0 Å². The second-order valence-electron chi connectivity index (χ2n) is 5.89. The Morgan fingerprint density at radius 1 is 1.44 bits per heavy atom. The average molecular weight is 341 g/mol. The van der Waals surface area contributed by atoms with E-state index in [1.807, 2.05) is 6.07 Å². The molecular formula is C18H16FN3O3. The van der Waals surface area contributed by atoms with E-state index in [1.165, 1.54) is 24.5 Å². The lowest BCUT2D eigenvalue weighted by molar-refractivity contribution is -0.129. The highest BCUT2D eigenvalue weighted by molar-refractivity contribution is 5.89. The molecule has 0 bridgehead atoms. The molecule has 2 aromatic rings. The van der Waals surface area contributed by atoms with Crippen molar-refractivity contribution in [2.75, 3.05) is 6.54 Å². The summed E-state index contributed by atoms with van der Waals surface area (Å²) < 4.78 is 19.0. The highest BCUT2D eigenvalue weighted by Gasteiger charge is 2.34. The zero-order valence-electron chi connectivity index (χ0n) is 13.4. The fraction of sp³-hybridized carbons (Fsp3) is 0.278. The van der Waals surface area contributed by atoms with Gasteiger partial charge < -0.3 is 14.6 Å². The predicted octanol–water partition coefficient (Wildman–Crippen LogP) is 1.96. The van der Waals surface area contributed by atoms with Gasteiger partial charge >= 0.3 is 0 Å². The fourth-order valence-electron chi connectivity index (χ4n) is 2.80. The van der Waals surface area contributed by atoms with Crippen molar-refractivity contribution in [2.45, 2.75) is 19.5 Å². The molecule has 1 aromatic heterocycles. The van der Waals surface area contributed by atoms with Gasteiger partial charge in [0.25, 0.3) is 0 Å². The van der Waals surface area contributed by atoms with Gasteiger partial charge in [0.15, 0.2) is 0 Å².